The number of rotatable bonds is 11. The molecule has 1 heterocycles. The first-order valence-electron chi connectivity index (χ1n) is 9.51. The number of carbonyl (C=O) groups excluding carboxylic acids is 1. The summed E-state index contributed by atoms with van der Waals surface area (Å²) < 4.78 is 61.8. The number of amides is 1. The Kier molecular flexibility index (Phi) is 8.19. The third-order valence-electron chi connectivity index (χ3n) is 4.29. The van der Waals surface area contributed by atoms with Gasteiger partial charge < -0.3 is 15.8 Å². The molecular formula is C20H19ClF2N4O4S2. The van der Waals surface area contributed by atoms with Crippen LogP contribution in [0.3, 0.4) is 0 Å². The molecule has 3 rings (SSSR count). The summed E-state index contributed by atoms with van der Waals surface area (Å²) in [5.41, 5.74) is 7.07. The van der Waals surface area contributed by atoms with Crippen molar-refractivity contribution in [2.24, 2.45) is 5.73 Å². The summed E-state index contributed by atoms with van der Waals surface area (Å²) in [5, 5.41) is 4.70. The van der Waals surface area contributed by atoms with Gasteiger partial charge in [-0.05, 0) is 43.1 Å². The van der Waals surface area contributed by atoms with Gasteiger partial charge in [0.25, 0.3) is 10.0 Å². The molecule has 0 fully saturated rings. The topological polar surface area (TPSA) is 123 Å². The number of halogens is 3. The molecule has 0 aliphatic carbocycles. The van der Waals surface area contributed by atoms with Crippen LogP contribution < -0.4 is 20.5 Å². The second-order valence-electron chi connectivity index (χ2n) is 6.79. The van der Waals surface area contributed by atoms with E-state index in [0.29, 0.717) is 42.1 Å². The molecule has 1 aromatic heterocycles. The average Bonchev–Trinajstić information content (AvgIpc) is 3.23. The third kappa shape index (κ3) is 6.84. The van der Waals surface area contributed by atoms with Crippen LogP contribution in [0.25, 0.3) is 0 Å². The molecule has 0 aliphatic heterocycles. The zero-order valence-corrected chi connectivity index (χ0v) is 19.4. The summed E-state index contributed by atoms with van der Waals surface area (Å²) in [5.74, 6) is -3.01. The van der Waals surface area contributed by atoms with Crippen LogP contribution in [0.1, 0.15) is 12.0 Å². The summed E-state index contributed by atoms with van der Waals surface area (Å²) in [6, 6.07) is 5.85. The van der Waals surface area contributed by atoms with Gasteiger partial charge in [0, 0.05) is 22.5 Å². The molecule has 1 amide bonds. The molecule has 13 heteroatoms. The van der Waals surface area contributed by atoms with Crippen LogP contribution in [-0.4, -0.2) is 32.4 Å². The predicted octanol–water partition coefficient (Wildman–Crippen LogP) is 3.68. The largest absolute Gasteiger partial charge is 0.454 e. The van der Waals surface area contributed by atoms with Crippen LogP contribution in [0.5, 0.6) is 11.5 Å². The van der Waals surface area contributed by atoms with Gasteiger partial charge in [0.15, 0.2) is 17.4 Å². The van der Waals surface area contributed by atoms with Crippen LogP contribution in [0.4, 0.5) is 14.6 Å². The zero-order chi connectivity index (χ0) is 24.0. The normalized spacial score (nSPS) is 11.4. The van der Waals surface area contributed by atoms with Crippen LogP contribution in [0.2, 0.25) is 5.02 Å². The molecule has 33 heavy (non-hydrogen) atoms. The highest BCUT2D eigenvalue weighted by Gasteiger charge is 2.24. The summed E-state index contributed by atoms with van der Waals surface area (Å²) in [7, 11) is -4.40. The van der Waals surface area contributed by atoms with Gasteiger partial charge in [-0.1, -0.05) is 11.6 Å². The molecule has 0 aliphatic rings. The van der Waals surface area contributed by atoms with Gasteiger partial charge >= 0.3 is 0 Å². The zero-order valence-electron chi connectivity index (χ0n) is 17.0. The van der Waals surface area contributed by atoms with Crippen molar-refractivity contribution in [3.05, 3.63) is 63.4 Å². The second-order valence-corrected chi connectivity index (χ2v) is 9.60. The molecule has 0 unspecified atom stereocenters. The lowest BCUT2D eigenvalue weighted by Crippen LogP contribution is -2.29. The number of aryl methyl sites for hydroxylation is 1. The number of hydrogen-bond donors (Lipinski definition) is 3. The maximum atomic E-state index is 14.7. The van der Waals surface area contributed by atoms with Crippen molar-refractivity contribution >= 4 is 44.7 Å². The molecule has 8 nitrogen and oxygen atoms in total. The minimum atomic E-state index is -4.40. The van der Waals surface area contributed by atoms with Crippen LogP contribution in [-0.2, 0) is 21.2 Å². The number of carbonyl (C=O) groups is 1. The number of nitrogens with two attached hydrogens (primary N) is 1. The van der Waals surface area contributed by atoms with E-state index in [0.717, 1.165) is 11.3 Å². The number of thiazole rings is 1. The predicted molar refractivity (Wildman–Crippen MR) is 121 cm³/mol. The van der Waals surface area contributed by atoms with Gasteiger partial charge in [0.05, 0.1) is 12.1 Å². The van der Waals surface area contributed by atoms with Crippen molar-refractivity contribution in [3.63, 3.8) is 0 Å². The van der Waals surface area contributed by atoms with Crippen molar-refractivity contribution < 1.29 is 26.7 Å². The first-order chi connectivity index (χ1) is 15.7. The number of primary amides is 1. The Hall–Kier alpha value is -2.80. The van der Waals surface area contributed by atoms with Gasteiger partial charge in [-0.3, -0.25) is 9.52 Å². The molecular weight excluding hydrogens is 498 g/mol. The number of nitrogens with zero attached hydrogens (tertiary/aromatic N) is 1. The fourth-order valence-electron chi connectivity index (χ4n) is 2.83. The van der Waals surface area contributed by atoms with Gasteiger partial charge in [0.2, 0.25) is 5.91 Å². The molecule has 0 saturated heterocycles. The highest BCUT2D eigenvalue weighted by Crippen LogP contribution is 2.33. The van der Waals surface area contributed by atoms with Crippen molar-refractivity contribution in [1.29, 1.82) is 0 Å². The van der Waals surface area contributed by atoms with Gasteiger partial charge in [-0.15, -0.1) is 11.3 Å². The lowest BCUT2D eigenvalue weighted by molar-refractivity contribution is -0.117. The minimum absolute atomic E-state index is 0.00346. The minimum Gasteiger partial charge on any atom is -0.454 e. The average molecular weight is 517 g/mol. The van der Waals surface area contributed by atoms with Gasteiger partial charge in [-0.2, -0.15) is 0 Å². The number of aromatic nitrogens is 1. The number of anilines is 1. The summed E-state index contributed by atoms with van der Waals surface area (Å²) in [6.45, 7) is 0.520. The Balaban J connectivity index is 1.78. The molecule has 2 aromatic carbocycles. The Bertz CT molecular complexity index is 1240. The second kappa shape index (κ2) is 10.9. The molecule has 0 bridgehead atoms. The van der Waals surface area contributed by atoms with Crippen LogP contribution in [0, 0.1) is 11.6 Å². The van der Waals surface area contributed by atoms with E-state index in [9.17, 15) is 22.0 Å². The fraction of sp³-hybridized carbons (Fsp3) is 0.200. The number of hydrogen-bond acceptors (Lipinski definition) is 7. The Morgan fingerprint density at radius 2 is 1.97 bits per heavy atom. The molecule has 0 radical (unpaired) electrons. The van der Waals surface area contributed by atoms with Crippen molar-refractivity contribution in [3.8, 4) is 11.5 Å². The quantitative estimate of drug-likeness (QED) is 0.334. The van der Waals surface area contributed by atoms with Gasteiger partial charge in [-0.25, -0.2) is 22.2 Å². The maximum absolute atomic E-state index is 14.7. The Morgan fingerprint density at radius 1 is 1.18 bits per heavy atom. The number of nitrogens with one attached hydrogen (secondary N) is 2. The standard InChI is InChI=1S/C20H19ClF2N4O4S2/c21-13-3-4-16(12(6-13)2-1-5-25-9-19(24)28)31-17-7-15(23)18(8-14(17)22)33(29,30)27-20-10-32-11-26-20/h3-4,6-8,10-11,25,27H,1-2,5,9H2,(H2,24,28). The van der Waals surface area contributed by atoms with E-state index in [4.69, 9.17) is 22.1 Å². The van der Waals surface area contributed by atoms with E-state index in [2.05, 4.69) is 15.0 Å². The van der Waals surface area contributed by atoms with E-state index < -0.39 is 38.2 Å². The van der Waals surface area contributed by atoms with E-state index in [1.807, 2.05) is 0 Å². The highest BCUT2D eigenvalue weighted by atomic mass is 35.5. The van der Waals surface area contributed by atoms with Crippen LogP contribution >= 0.6 is 22.9 Å². The van der Waals surface area contributed by atoms with Crippen molar-refractivity contribution in [1.82, 2.24) is 10.3 Å². The number of ether oxygens (including phenoxy) is 1. The molecule has 3 aromatic rings. The molecule has 0 spiro atoms. The van der Waals surface area contributed by atoms with E-state index >= 15 is 0 Å². The van der Waals surface area contributed by atoms with Crippen LogP contribution in [0.15, 0.2) is 46.1 Å². The first kappa shape index (κ1) is 24.8. The van der Waals surface area contributed by atoms with E-state index in [1.54, 1.807) is 6.07 Å². The summed E-state index contributed by atoms with van der Waals surface area (Å²) >= 11 is 7.18. The highest BCUT2D eigenvalue weighted by molar-refractivity contribution is 7.92. The van der Waals surface area contributed by atoms with E-state index in [-0.39, 0.29) is 18.1 Å². The monoisotopic (exact) mass is 516 g/mol. The summed E-state index contributed by atoms with van der Waals surface area (Å²) in [4.78, 5) is 13.7. The molecule has 0 atom stereocenters. The van der Waals surface area contributed by atoms with Crippen molar-refractivity contribution in [2.45, 2.75) is 17.7 Å². The van der Waals surface area contributed by atoms with Crippen molar-refractivity contribution in [2.75, 3.05) is 17.8 Å². The molecule has 0 saturated carbocycles. The lowest BCUT2D eigenvalue weighted by Gasteiger charge is -2.14. The van der Waals surface area contributed by atoms with Gasteiger partial charge in [0.1, 0.15) is 16.5 Å². The SMILES string of the molecule is NC(=O)CNCCCc1cc(Cl)ccc1Oc1cc(F)c(S(=O)(=O)Nc2cscn2)cc1F. The lowest BCUT2D eigenvalue weighted by atomic mass is 10.1. The Labute approximate surface area is 197 Å². The number of sulfonamides is 1. The molecule has 176 valence electrons. The summed E-state index contributed by atoms with van der Waals surface area (Å²) in [6.07, 6.45) is 1.04. The fourth-order valence-corrected chi connectivity index (χ4v) is 4.65. The first-order valence-corrected chi connectivity index (χ1v) is 12.3. The number of benzene rings is 2. The molecule has 4 N–H and O–H groups in total. The smallest absolute Gasteiger partial charge is 0.266 e. The Morgan fingerprint density at radius 3 is 2.67 bits per heavy atom. The van der Waals surface area contributed by atoms with E-state index in [1.165, 1.54) is 23.0 Å². The maximum Gasteiger partial charge on any atom is 0.266 e. The third-order valence-corrected chi connectivity index (χ3v) is 6.48.